The maximum absolute atomic E-state index is 12.4. The number of ether oxygens (including phenoxy) is 1. The highest BCUT2D eigenvalue weighted by atomic mass is 79.9. The van der Waals surface area contributed by atoms with Gasteiger partial charge >= 0.3 is 0 Å². The van der Waals surface area contributed by atoms with E-state index < -0.39 is 0 Å². The molecular formula is C15H14BrClN2O2. The molecule has 0 saturated carbocycles. The Morgan fingerprint density at radius 1 is 1.38 bits per heavy atom. The van der Waals surface area contributed by atoms with E-state index in [-0.39, 0.29) is 11.1 Å². The van der Waals surface area contributed by atoms with Gasteiger partial charge in [0.05, 0.1) is 18.4 Å². The molecule has 2 aromatic rings. The Hall–Kier alpha value is -1.59. The molecule has 110 valence electrons. The summed E-state index contributed by atoms with van der Waals surface area (Å²) >= 11 is 9.26. The minimum atomic E-state index is -0.312. The van der Waals surface area contributed by atoms with Crippen molar-refractivity contribution in [2.75, 3.05) is 12.4 Å². The number of amides is 1. The molecule has 0 aliphatic rings. The molecule has 21 heavy (non-hydrogen) atoms. The molecular weight excluding hydrogens is 356 g/mol. The Morgan fingerprint density at radius 3 is 2.76 bits per heavy atom. The fraction of sp³-hybridized carbons (Fsp3) is 0.200. The molecule has 1 amide bonds. The molecule has 0 atom stereocenters. The lowest BCUT2D eigenvalue weighted by Gasteiger charge is -2.15. The van der Waals surface area contributed by atoms with Crippen LogP contribution in [0.5, 0.6) is 5.75 Å². The molecule has 0 aliphatic carbocycles. The van der Waals surface area contributed by atoms with E-state index in [4.69, 9.17) is 16.3 Å². The van der Waals surface area contributed by atoms with Crippen molar-refractivity contribution in [2.24, 2.45) is 0 Å². The zero-order valence-corrected chi connectivity index (χ0v) is 14.2. The van der Waals surface area contributed by atoms with Gasteiger partial charge in [-0.2, -0.15) is 0 Å². The molecule has 0 unspecified atom stereocenters. The van der Waals surface area contributed by atoms with Crippen molar-refractivity contribution in [3.05, 3.63) is 50.7 Å². The Labute approximate surface area is 136 Å². The van der Waals surface area contributed by atoms with E-state index in [9.17, 15) is 4.79 Å². The first-order valence-electron chi connectivity index (χ1n) is 6.20. The molecule has 0 radical (unpaired) electrons. The number of benzene rings is 1. The first-order valence-corrected chi connectivity index (χ1v) is 7.37. The van der Waals surface area contributed by atoms with Crippen molar-refractivity contribution < 1.29 is 9.53 Å². The zero-order valence-electron chi connectivity index (χ0n) is 11.8. The Morgan fingerprint density at radius 2 is 2.10 bits per heavy atom. The van der Waals surface area contributed by atoms with E-state index in [1.54, 1.807) is 19.4 Å². The number of halogens is 2. The number of nitrogens with one attached hydrogen (secondary N) is 1. The number of carbonyl (C=O) groups is 1. The number of methoxy groups -OCH3 is 1. The SMILES string of the molecule is COc1ccc(C)c(NC(=O)c2cc(Br)cnc2Cl)c1C. The third-order valence-electron chi connectivity index (χ3n) is 3.13. The highest BCUT2D eigenvalue weighted by molar-refractivity contribution is 9.10. The van der Waals surface area contributed by atoms with Gasteiger partial charge in [0.2, 0.25) is 0 Å². The van der Waals surface area contributed by atoms with Gasteiger partial charge in [0.25, 0.3) is 5.91 Å². The third-order valence-corrected chi connectivity index (χ3v) is 3.87. The van der Waals surface area contributed by atoms with Crippen LogP contribution in [0.3, 0.4) is 0 Å². The van der Waals surface area contributed by atoms with Gasteiger partial charge in [-0.15, -0.1) is 0 Å². The first kappa shape index (κ1) is 15.8. The quantitative estimate of drug-likeness (QED) is 0.817. The summed E-state index contributed by atoms with van der Waals surface area (Å²) in [5, 5.41) is 3.03. The van der Waals surface area contributed by atoms with Crippen molar-refractivity contribution in [1.82, 2.24) is 4.98 Å². The smallest absolute Gasteiger partial charge is 0.258 e. The molecule has 0 fully saturated rings. The molecule has 2 rings (SSSR count). The van der Waals surface area contributed by atoms with E-state index in [1.807, 2.05) is 26.0 Å². The molecule has 1 aromatic carbocycles. The lowest BCUT2D eigenvalue weighted by Crippen LogP contribution is -2.15. The number of nitrogens with zero attached hydrogens (tertiary/aromatic N) is 1. The van der Waals surface area contributed by atoms with Crippen molar-refractivity contribution in [3.63, 3.8) is 0 Å². The summed E-state index contributed by atoms with van der Waals surface area (Å²) in [5.41, 5.74) is 2.84. The number of hydrogen-bond donors (Lipinski definition) is 1. The molecule has 1 N–H and O–H groups in total. The van der Waals surface area contributed by atoms with Crippen molar-refractivity contribution in [1.29, 1.82) is 0 Å². The normalized spacial score (nSPS) is 10.3. The molecule has 1 aromatic heterocycles. The van der Waals surface area contributed by atoms with E-state index in [2.05, 4.69) is 26.2 Å². The van der Waals surface area contributed by atoms with E-state index in [0.29, 0.717) is 10.0 Å². The third kappa shape index (κ3) is 3.36. The Bertz CT molecular complexity index is 704. The summed E-state index contributed by atoms with van der Waals surface area (Å²) < 4.78 is 5.96. The average Bonchev–Trinajstić information content (AvgIpc) is 2.46. The van der Waals surface area contributed by atoms with Gasteiger partial charge in [0, 0.05) is 16.2 Å². The zero-order chi connectivity index (χ0) is 15.6. The van der Waals surface area contributed by atoms with Crippen molar-refractivity contribution in [3.8, 4) is 5.75 Å². The number of hydrogen-bond acceptors (Lipinski definition) is 3. The minimum Gasteiger partial charge on any atom is -0.496 e. The number of aryl methyl sites for hydroxylation is 1. The average molecular weight is 370 g/mol. The maximum atomic E-state index is 12.4. The lowest BCUT2D eigenvalue weighted by molar-refractivity contribution is 0.102. The minimum absolute atomic E-state index is 0.161. The summed E-state index contributed by atoms with van der Waals surface area (Å²) in [7, 11) is 1.60. The van der Waals surface area contributed by atoms with Crippen LogP contribution in [0.25, 0.3) is 0 Å². The van der Waals surface area contributed by atoms with E-state index >= 15 is 0 Å². The second kappa shape index (κ2) is 6.45. The topological polar surface area (TPSA) is 51.2 Å². The van der Waals surface area contributed by atoms with Crippen LogP contribution >= 0.6 is 27.5 Å². The predicted molar refractivity (Wildman–Crippen MR) is 87.4 cm³/mol. The molecule has 0 spiro atoms. The highest BCUT2D eigenvalue weighted by Gasteiger charge is 2.16. The predicted octanol–water partition coefficient (Wildman–Crippen LogP) is 4.38. The van der Waals surface area contributed by atoms with Gasteiger partial charge in [0.15, 0.2) is 0 Å². The second-order valence-corrected chi connectivity index (χ2v) is 5.80. The first-order chi connectivity index (χ1) is 9.93. The summed E-state index contributed by atoms with van der Waals surface area (Å²) in [6, 6.07) is 5.39. The number of anilines is 1. The fourth-order valence-electron chi connectivity index (χ4n) is 2.00. The van der Waals surface area contributed by atoms with Crippen LogP contribution in [0, 0.1) is 13.8 Å². The molecule has 4 nitrogen and oxygen atoms in total. The summed E-state index contributed by atoms with van der Waals surface area (Å²) in [6.07, 6.45) is 1.54. The Balaban J connectivity index is 2.38. The van der Waals surface area contributed by atoms with Gasteiger partial charge in [-0.25, -0.2) is 4.98 Å². The number of carbonyl (C=O) groups excluding carboxylic acids is 1. The van der Waals surface area contributed by atoms with Crippen LogP contribution in [0.1, 0.15) is 21.5 Å². The van der Waals surface area contributed by atoms with Crippen LogP contribution in [0.4, 0.5) is 5.69 Å². The largest absolute Gasteiger partial charge is 0.496 e. The molecule has 0 bridgehead atoms. The molecule has 0 aliphatic heterocycles. The Kier molecular flexibility index (Phi) is 4.85. The van der Waals surface area contributed by atoms with E-state index in [1.165, 1.54) is 0 Å². The van der Waals surface area contributed by atoms with Crippen molar-refractivity contribution in [2.45, 2.75) is 13.8 Å². The van der Waals surface area contributed by atoms with Gasteiger partial charge in [0.1, 0.15) is 10.9 Å². The van der Waals surface area contributed by atoms with Crippen LogP contribution < -0.4 is 10.1 Å². The van der Waals surface area contributed by atoms with Crippen LogP contribution in [-0.2, 0) is 0 Å². The second-order valence-electron chi connectivity index (χ2n) is 4.53. The maximum Gasteiger partial charge on any atom is 0.258 e. The van der Waals surface area contributed by atoms with Crippen LogP contribution in [0.15, 0.2) is 28.9 Å². The van der Waals surface area contributed by atoms with Crippen molar-refractivity contribution >= 4 is 39.1 Å². The summed E-state index contributed by atoms with van der Waals surface area (Å²) in [4.78, 5) is 16.3. The fourth-order valence-corrected chi connectivity index (χ4v) is 2.52. The van der Waals surface area contributed by atoms with Crippen LogP contribution in [0.2, 0.25) is 5.15 Å². The molecule has 1 heterocycles. The lowest BCUT2D eigenvalue weighted by atomic mass is 10.1. The molecule has 6 heteroatoms. The number of aromatic nitrogens is 1. The highest BCUT2D eigenvalue weighted by Crippen LogP contribution is 2.29. The molecule has 0 saturated heterocycles. The monoisotopic (exact) mass is 368 g/mol. The van der Waals surface area contributed by atoms with Gasteiger partial charge in [-0.1, -0.05) is 17.7 Å². The summed E-state index contributed by atoms with van der Waals surface area (Å²) in [6.45, 7) is 3.81. The van der Waals surface area contributed by atoms with E-state index in [0.717, 1.165) is 22.6 Å². The summed E-state index contributed by atoms with van der Waals surface area (Å²) in [5.74, 6) is 0.405. The number of rotatable bonds is 3. The van der Waals surface area contributed by atoms with Gasteiger partial charge in [-0.05, 0) is 47.5 Å². The van der Waals surface area contributed by atoms with Crippen LogP contribution in [-0.4, -0.2) is 18.0 Å². The number of pyridine rings is 1. The van der Waals surface area contributed by atoms with Gasteiger partial charge in [-0.3, -0.25) is 4.79 Å². The standard InChI is InChI=1S/C15H14BrClN2O2/c1-8-4-5-12(21-3)9(2)13(8)19-15(20)11-6-10(16)7-18-14(11)17/h4-7H,1-3H3,(H,19,20). The van der Waals surface area contributed by atoms with Gasteiger partial charge < -0.3 is 10.1 Å².